The molecule has 1 aromatic rings. The first-order valence-corrected chi connectivity index (χ1v) is 5.79. The third kappa shape index (κ3) is 3.86. The van der Waals surface area contributed by atoms with E-state index in [2.05, 4.69) is 26.7 Å². The van der Waals surface area contributed by atoms with Gasteiger partial charge in [0.05, 0.1) is 18.4 Å². The molecular formula is C12H16N4O. The van der Waals surface area contributed by atoms with Crippen molar-refractivity contribution in [2.45, 2.75) is 25.8 Å². The quantitative estimate of drug-likeness (QED) is 0.771. The van der Waals surface area contributed by atoms with E-state index in [1.165, 1.54) is 12.0 Å². The third-order valence-corrected chi connectivity index (χ3v) is 2.66. The van der Waals surface area contributed by atoms with Gasteiger partial charge in [0.2, 0.25) is 0 Å². The molecule has 1 aromatic heterocycles. The highest BCUT2D eigenvalue weighted by atomic mass is 16.2. The fourth-order valence-corrected chi connectivity index (χ4v) is 1.75. The van der Waals surface area contributed by atoms with Gasteiger partial charge in [0.15, 0.2) is 0 Å². The van der Waals surface area contributed by atoms with Crippen molar-refractivity contribution in [1.82, 2.24) is 20.6 Å². The Morgan fingerprint density at radius 2 is 2.18 bits per heavy atom. The zero-order valence-corrected chi connectivity index (χ0v) is 9.65. The number of urea groups is 1. The minimum absolute atomic E-state index is 0.163. The predicted octanol–water partition coefficient (Wildman–Crippen LogP) is 1.39. The predicted molar refractivity (Wildman–Crippen MR) is 64.2 cm³/mol. The normalized spacial score (nSPS) is 14.2. The van der Waals surface area contributed by atoms with Crippen molar-refractivity contribution in [3.05, 3.63) is 35.9 Å². The van der Waals surface area contributed by atoms with Crippen LogP contribution < -0.4 is 10.6 Å². The number of carbonyl (C=O) groups excluding carboxylic acids is 1. The molecule has 90 valence electrons. The summed E-state index contributed by atoms with van der Waals surface area (Å²) in [6, 6.07) is -0.163. The maximum atomic E-state index is 11.5. The fraction of sp³-hybridized carbons (Fsp3) is 0.417. The van der Waals surface area contributed by atoms with Gasteiger partial charge in [-0.3, -0.25) is 9.97 Å². The van der Waals surface area contributed by atoms with Crippen LogP contribution in [0, 0.1) is 0 Å². The molecular weight excluding hydrogens is 216 g/mol. The summed E-state index contributed by atoms with van der Waals surface area (Å²) in [6.07, 6.45) is 10.5. The van der Waals surface area contributed by atoms with Crippen LogP contribution in [0.1, 0.15) is 25.0 Å². The van der Waals surface area contributed by atoms with Crippen molar-refractivity contribution in [2.75, 3.05) is 6.54 Å². The molecule has 5 heteroatoms. The van der Waals surface area contributed by atoms with Gasteiger partial charge in [0, 0.05) is 18.9 Å². The van der Waals surface area contributed by atoms with E-state index < -0.39 is 0 Å². The summed E-state index contributed by atoms with van der Waals surface area (Å²) in [6.45, 7) is 1.05. The SMILES string of the molecule is O=C(NCC1=CCCC1)NCc1cnccn1. The Bertz CT molecular complexity index is 402. The summed E-state index contributed by atoms with van der Waals surface area (Å²) in [5.74, 6) is 0. The van der Waals surface area contributed by atoms with Gasteiger partial charge in [0.25, 0.3) is 0 Å². The smallest absolute Gasteiger partial charge is 0.315 e. The molecule has 1 aliphatic carbocycles. The molecule has 1 aliphatic rings. The van der Waals surface area contributed by atoms with Gasteiger partial charge in [-0.25, -0.2) is 4.79 Å². The summed E-state index contributed by atoms with van der Waals surface area (Å²) in [7, 11) is 0. The average Bonchev–Trinajstić information content (AvgIpc) is 2.88. The molecule has 0 saturated heterocycles. The molecule has 1 heterocycles. The highest BCUT2D eigenvalue weighted by Gasteiger charge is 2.06. The Labute approximate surface area is 100 Å². The molecule has 0 bridgehead atoms. The van der Waals surface area contributed by atoms with Gasteiger partial charge >= 0.3 is 6.03 Å². The van der Waals surface area contributed by atoms with Gasteiger partial charge in [-0.05, 0) is 19.3 Å². The zero-order chi connectivity index (χ0) is 11.9. The number of nitrogens with zero attached hydrogens (tertiary/aromatic N) is 2. The molecule has 17 heavy (non-hydrogen) atoms. The average molecular weight is 232 g/mol. The highest BCUT2D eigenvalue weighted by molar-refractivity contribution is 5.74. The molecule has 0 fully saturated rings. The van der Waals surface area contributed by atoms with Crippen molar-refractivity contribution in [1.29, 1.82) is 0 Å². The first-order chi connectivity index (χ1) is 8.34. The molecule has 2 N–H and O–H groups in total. The van der Waals surface area contributed by atoms with Crippen molar-refractivity contribution in [2.24, 2.45) is 0 Å². The molecule has 0 unspecified atom stereocenters. The summed E-state index contributed by atoms with van der Waals surface area (Å²) >= 11 is 0. The number of rotatable bonds is 4. The monoisotopic (exact) mass is 232 g/mol. The van der Waals surface area contributed by atoms with Gasteiger partial charge in [-0.2, -0.15) is 0 Å². The van der Waals surface area contributed by atoms with Crippen molar-refractivity contribution in [3.8, 4) is 0 Å². The Kier molecular flexibility index (Phi) is 4.07. The lowest BCUT2D eigenvalue weighted by atomic mass is 10.2. The number of hydrogen-bond acceptors (Lipinski definition) is 3. The van der Waals surface area contributed by atoms with E-state index in [1.54, 1.807) is 18.6 Å². The minimum Gasteiger partial charge on any atom is -0.334 e. The summed E-state index contributed by atoms with van der Waals surface area (Å²) < 4.78 is 0. The van der Waals surface area contributed by atoms with Gasteiger partial charge in [-0.15, -0.1) is 0 Å². The molecule has 2 rings (SSSR count). The zero-order valence-electron chi connectivity index (χ0n) is 9.65. The molecule has 5 nitrogen and oxygen atoms in total. The number of nitrogens with one attached hydrogen (secondary N) is 2. The van der Waals surface area contributed by atoms with Gasteiger partial charge in [0.1, 0.15) is 0 Å². The second-order valence-electron chi connectivity index (χ2n) is 3.99. The maximum Gasteiger partial charge on any atom is 0.315 e. The molecule has 0 atom stereocenters. The summed E-state index contributed by atoms with van der Waals surface area (Å²) in [5, 5.41) is 5.57. The summed E-state index contributed by atoms with van der Waals surface area (Å²) in [5.41, 5.74) is 2.07. The third-order valence-electron chi connectivity index (χ3n) is 2.66. The Hall–Kier alpha value is -1.91. The number of hydrogen-bond donors (Lipinski definition) is 2. The number of amides is 2. The Morgan fingerprint density at radius 3 is 2.88 bits per heavy atom. The van der Waals surface area contributed by atoms with Crippen LogP contribution in [0.15, 0.2) is 30.2 Å². The first-order valence-electron chi connectivity index (χ1n) is 5.79. The minimum atomic E-state index is -0.163. The molecule has 0 aromatic carbocycles. The molecule has 0 aliphatic heterocycles. The lowest BCUT2D eigenvalue weighted by Crippen LogP contribution is -2.36. The van der Waals surface area contributed by atoms with Crippen LogP contribution in [0.2, 0.25) is 0 Å². The van der Waals surface area contributed by atoms with E-state index in [1.807, 2.05) is 0 Å². The highest BCUT2D eigenvalue weighted by Crippen LogP contribution is 2.15. The van der Waals surface area contributed by atoms with Crippen molar-refractivity contribution >= 4 is 6.03 Å². The lowest BCUT2D eigenvalue weighted by molar-refractivity contribution is 0.241. The topological polar surface area (TPSA) is 66.9 Å². The van der Waals surface area contributed by atoms with Crippen LogP contribution in [-0.2, 0) is 6.54 Å². The van der Waals surface area contributed by atoms with Crippen LogP contribution in [0.25, 0.3) is 0 Å². The Balaban J connectivity index is 1.67. The lowest BCUT2D eigenvalue weighted by Gasteiger charge is -2.07. The van der Waals surface area contributed by atoms with E-state index in [-0.39, 0.29) is 6.03 Å². The second-order valence-corrected chi connectivity index (χ2v) is 3.99. The molecule has 0 spiro atoms. The van der Waals surface area contributed by atoms with Crippen LogP contribution >= 0.6 is 0 Å². The van der Waals surface area contributed by atoms with Crippen molar-refractivity contribution in [3.63, 3.8) is 0 Å². The van der Waals surface area contributed by atoms with Crippen LogP contribution in [0.3, 0.4) is 0 Å². The standard InChI is InChI=1S/C12H16N4O/c17-12(15-7-10-3-1-2-4-10)16-9-11-8-13-5-6-14-11/h3,5-6,8H,1-2,4,7,9H2,(H2,15,16,17). The van der Waals surface area contributed by atoms with Crippen LogP contribution in [0.4, 0.5) is 4.79 Å². The van der Waals surface area contributed by atoms with E-state index >= 15 is 0 Å². The number of carbonyl (C=O) groups is 1. The number of aromatic nitrogens is 2. The molecule has 0 radical (unpaired) electrons. The van der Waals surface area contributed by atoms with Gasteiger partial charge < -0.3 is 10.6 Å². The second kappa shape index (κ2) is 5.98. The number of allylic oxidation sites excluding steroid dienone is 1. The largest absolute Gasteiger partial charge is 0.334 e. The maximum absolute atomic E-state index is 11.5. The van der Waals surface area contributed by atoms with Gasteiger partial charge in [-0.1, -0.05) is 11.6 Å². The molecule has 2 amide bonds. The van der Waals surface area contributed by atoms with E-state index in [0.29, 0.717) is 13.1 Å². The first kappa shape index (κ1) is 11.6. The van der Waals surface area contributed by atoms with Crippen molar-refractivity contribution < 1.29 is 4.79 Å². The fourth-order valence-electron chi connectivity index (χ4n) is 1.75. The van der Waals surface area contributed by atoms with E-state index in [0.717, 1.165) is 18.5 Å². The molecule has 0 saturated carbocycles. The van der Waals surface area contributed by atoms with E-state index in [4.69, 9.17) is 0 Å². The summed E-state index contributed by atoms with van der Waals surface area (Å²) in [4.78, 5) is 19.5. The Morgan fingerprint density at radius 1 is 1.29 bits per heavy atom. The van der Waals surface area contributed by atoms with Crippen LogP contribution in [-0.4, -0.2) is 22.5 Å². The van der Waals surface area contributed by atoms with E-state index in [9.17, 15) is 4.79 Å². The van der Waals surface area contributed by atoms with Crippen LogP contribution in [0.5, 0.6) is 0 Å².